The van der Waals surface area contributed by atoms with E-state index in [0.29, 0.717) is 25.2 Å². The molecule has 0 aromatic carbocycles. The molecule has 1 aromatic rings. The van der Waals surface area contributed by atoms with Crippen LogP contribution in [-0.4, -0.2) is 44.8 Å². The van der Waals surface area contributed by atoms with Crippen LogP contribution in [0.5, 0.6) is 0 Å². The van der Waals surface area contributed by atoms with E-state index in [0.717, 1.165) is 18.5 Å². The minimum Gasteiger partial charge on any atom is -0.395 e. The fraction of sp³-hybridized carbons (Fsp3) is 0.667. The summed E-state index contributed by atoms with van der Waals surface area (Å²) >= 11 is 0. The number of carbonyl (C=O) groups is 1. The highest BCUT2D eigenvalue weighted by atomic mass is 16.3. The average molecular weight is 252 g/mol. The molecule has 1 amide bonds. The second-order valence-corrected chi connectivity index (χ2v) is 5.19. The van der Waals surface area contributed by atoms with Crippen LogP contribution in [0.4, 0.5) is 5.69 Å². The van der Waals surface area contributed by atoms with Crippen molar-refractivity contribution in [2.45, 2.75) is 38.7 Å². The van der Waals surface area contributed by atoms with Crippen molar-refractivity contribution in [2.75, 3.05) is 18.8 Å². The fourth-order valence-electron chi connectivity index (χ4n) is 2.26. The van der Waals surface area contributed by atoms with Crippen LogP contribution in [0.2, 0.25) is 0 Å². The molecule has 1 fully saturated rings. The number of β-amino-alcohol motifs (C(OH)–C–C–N with tert-alkyl or cyclic N) is 1. The van der Waals surface area contributed by atoms with E-state index in [9.17, 15) is 9.90 Å². The summed E-state index contributed by atoms with van der Waals surface area (Å²) in [5.74, 6) is -0.205. The molecule has 0 saturated carbocycles. The molecule has 0 bridgehead atoms. The quantitative estimate of drug-likeness (QED) is 0.731. The van der Waals surface area contributed by atoms with Crippen molar-refractivity contribution >= 4 is 11.6 Å². The molecular weight excluding hydrogens is 232 g/mol. The molecule has 2 rings (SSSR count). The maximum atomic E-state index is 12.2. The maximum Gasteiger partial charge on any atom is 0.276 e. The number of aromatic nitrogens is 2. The predicted octanol–water partition coefficient (Wildman–Crippen LogP) is 0.541. The average Bonchev–Trinajstić information content (AvgIpc) is 2.83. The Balaban J connectivity index is 2.15. The van der Waals surface area contributed by atoms with Crippen LogP contribution in [0.3, 0.4) is 0 Å². The van der Waals surface area contributed by atoms with Crippen molar-refractivity contribution in [1.82, 2.24) is 15.1 Å². The van der Waals surface area contributed by atoms with Crippen LogP contribution in [0, 0.1) is 0 Å². The highest BCUT2D eigenvalue weighted by Gasteiger charge is 2.35. The maximum absolute atomic E-state index is 12.2. The van der Waals surface area contributed by atoms with Gasteiger partial charge in [0, 0.05) is 13.1 Å². The standard InChI is InChI=1S/C12H20N4O2/c1-3-4-8-9(13)10(15-14-8)11(17)16-6-5-12(2,18)7-16/h18H,3-7,13H2,1-2H3,(H,14,15). The van der Waals surface area contributed by atoms with Gasteiger partial charge in [0.25, 0.3) is 5.91 Å². The number of likely N-dealkylation sites (tertiary alicyclic amines) is 1. The number of nitrogens with zero attached hydrogens (tertiary/aromatic N) is 2. The van der Waals surface area contributed by atoms with Crippen molar-refractivity contribution in [1.29, 1.82) is 0 Å². The lowest BCUT2D eigenvalue weighted by molar-refractivity contribution is 0.0569. The van der Waals surface area contributed by atoms with Crippen LogP contribution in [0.15, 0.2) is 0 Å². The molecule has 100 valence electrons. The topological polar surface area (TPSA) is 95.2 Å². The third kappa shape index (κ3) is 2.33. The highest BCUT2D eigenvalue weighted by molar-refractivity contribution is 5.97. The fourth-order valence-corrected chi connectivity index (χ4v) is 2.26. The summed E-state index contributed by atoms with van der Waals surface area (Å²) in [6, 6.07) is 0. The molecule has 1 aliphatic heterocycles. The van der Waals surface area contributed by atoms with Gasteiger partial charge in [-0.1, -0.05) is 13.3 Å². The Morgan fingerprint density at radius 3 is 2.94 bits per heavy atom. The lowest BCUT2D eigenvalue weighted by atomic mass is 10.1. The molecule has 0 radical (unpaired) electrons. The summed E-state index contributed by atoms with van der Waals surface area (Å²) in [6.07, 6.45) is 2.31. The summed E-state index contributed by atoms with van der Waals surface area (Å²) in [4.78, 5) is 13.8. The normalized spacial score (nSPS) is 23.6. The predicted molar refractivity (Wildman–Crippen MR) is 68.1 cm³/mol. The monoisotopic (exact) mass is 252 g/mol. The number of H-pyrrole nitrogens is 1. The van der Waals surface area contributed by atoms with Crippen molar-refractivity contribution in [2.24, 2.45) is 0 Å². The van der Waals surface area contributed by atoms with E-state index in [1.807, 2.05) is 6.92 Å². The number of aliphatic hydroxyl groups is 1. The first kappa shape index (κ1) is 12.9. The molecular formula is C12H20N4O2. The van der Waals surface area contributed by atoms with Gasteiger partial charge in [0.1, 0.15) is 0 Å². The molecule has 6 heteroatoms. The van der Waals surface area contributed by atoms with Crippen LogP contribution in [-0.2, 0) is 6.42 Å². The number of anilines is 1. The van der Waals surface area contributed by atoms with Gasteiger partial charge in [-0.3, -0.25) is 9.89 Å². The van der Waals surface area contributed by atoms with Crippen molar-refractivity contribution in [3.05, 3.63) is 11.4 Å². The summed E-state index contributed by atoms with van der Waals surface area (Å²) < 4.78 is 0. The Hall–Kier alpha value is -1.56. The lowest BCUT2D eigenvalue weighted by Crippen LogP contribution is -2.34. The summed E-state index contributed by atoms with van der Waals surface area (Å²) in [6.45, 7) is 4.65. The van der Waals surface area contributed by atoms with Gasteiger partial charge in [-0.15, -0.1) is 0 Å². The molecule has 1 unspecified atom stereocenters. The molecule has 4 N–H and O–H groups in total. The number of aromatic amines is 1. The minimum atomic E-state index is -0.799. The first-order valence-corrected chi connectivity index (χ1v) is 6.29. The zero-order chi connectivity index (χ0) is 13.3. The molecule has 1 aliphatic rings. The van der Waals surface area contributed by atoms with Crippen LogP contribution in [0.1, 0.15) is 42.9 Å². The Bertz CT molecular complexity index is 453. The highest BCUT2D eigenvalue weighted by Crippen LogP contribution is 2.24. The van der Waals surface area contributed by atoms with Gasteiger partial charge in [-0.05, 0) is 19.8 Å². The van der Waals surface area contributed by atoms with E-state index in [1.54, 1.807) is 11.8 Å². The van der Waals surface area contributed by atoms with Crippen molar-refractivity contribution < 1.29 is 9.90 Å². The van der Waals surface area contributed by atoms with Crippen molar-refractivity contribution in [3.63, 3.8) is 0 Å². The molecule has 6 nitrogen and oxygen atoms in total. The van der Waals surface area contributed by atoms with Crippen LogP contribution < -0.4 is 5.73 Å². The number of hydrogen-bond donors (Lipinski definition) is 3. The number of nitrogens with two attached hydrogens (primary N) is 1. The summed E-state index contributed by atoms with van der Waals surface area (Å²) in [7, 11) is 0. The number of aryl methyl sites for hydroxylation is 1. The van der Waals surface area contributed by atoms with Crippen LogP contribution in [0.25, 0.3) is 0 Å². The third-order valence-electron chi connectivity index (χ3n) is 3.32. The van der Waals surface area contributed by atoms with E-state index >= 15 is 0 Å². The van der Waals surface area contributed by atoms with Crippen LogP contribution >= 0.6 is 0 Å². The second-order valence-electron chi connectivity index (χ2n) is 5.19. The molecule has 18 heavy (non-hydrogen) atoms. The molecule has 0 spiro atoms. The van der Waals surface area contributed by atoms with Gasteiger partial charge in [0.15, 0.2) is 5.69 Å². The van der Waals surface area contributed by atoms with E-state index < -0.39 is 5.60 Å². The third-order valence-corrected chi connectivity index (χ3v) is 3.32. The van der Waals surface area contributed by atoms with E-state index in [-0.39, 0.29) is 11.6 Å². The van der Waals surface area contributed by atoms with E-state index in [2.05, 4.69) is 10.2 Å². The Kier molecular flexibility index (Phi) is 3.30. The number of carbonyl (C=O) groups excluding carboxylic acids is 1. The SMILES string of the molecule is CCCc1[nH]nc(C(=O)N2CCC(C)(O)C2)c1N. The number of nitrogens with one attached hydrogen (secondary N) is 1. The number of hydrogen-bond acceptors (Lipinski definition) is 4. The zero-order valence-corrected chi connectivity index (χ0v) is 10.9. The summed E-state index contributed by atoms with van der Waals surface area (Å²) in [5, 5.41) is 16.7. The molecule has 1 aromatic heterocycles. The van der Waals surface area contributed by atoms with Gasteiger partial charge in [0.2, 0.25) is 0 Å². The molecule has 1 saturated heterocycles. The molecule has 1 atom stereocenters. The van der Waals surface area contributed by atoms with Gasteiger partial charge in [0.05, 0.1) is 17.0 Å². The molecule has 2 heterocycles. The van der Waals surface area contributed by atoms with E-state index in [1.165, 1.54) is 0 Å². The first-order valence-electron chi connectivity index (χ1n) is 6.29. The van der Waals surface area contributed by atoms with Gasteiger partial charge in [-0.25, -0.2) is 0 Å². The Morgan fingerprint density at radius 2 is 2.39 bits per heavy atom. The minimum absolute atomic E-state index is 0.205. The molecule has 0 aliphatic carbocycles. The van der Waals surface area contributed by atoms with Crippen molar-refractivity contribution in [3.8, 4) is 0 Å². The second kappa shape index (κ2) is 4.61. The summed E-state index contributed by atoms with van der Waals surface area (Å²) in [5.41, 5.74) is 6.65. The Labute approximate surface area is 106 Å². The largest absolute Gasteiger partial charge is 0.395 e. The zero-order valence-electron chi connectivity index (χ0n) is 10.9. The lowest BCUT2D eigenvalue weighted by Gasteiger charge is -2.18. The number of nitrogen functional groups attached to an aromatic ring is 1. The first-order chi connectivity index (χ1) is 8.44. The van der Waals surface area contributed by atoms with Gasteiger partial charge in [-0.2, -0.15) is 5.10 Å². The smallest absolute Gasteiger partial charge is 0.276 e. The van der Waals surface area contributed by atoms with Gasteiger partial charge >= 0.3 is 0 Å². The number of rotatable bonds is 3. The van der Waals surface area contributed by atoms with Gasteiger partial charge < -0.3 is 15.7 Å². The van der Waals surface area contributed by atoms with E-state index in [4.69, 9.17) is 5.73 Å². The Morgan fingerprint density at radius 1 is 1.67 bits per heavy atom. The number of amides is 1.